The Morgan fingerprint density at radius 2 is 2.29 bits per heavy atom. The van der Waals surface area contributed by atoms with E-state index in [2.05, 4.69) is 25.6 Å². The van der Waals surface area contributed by atoms with Gasteiger partial charge in [0.25, 0.3) is 5.91 Å². The van der Waals surface area contributed by atoms with Gasteiger partial charge in [0.1, 0.15) is 5.75 Å². The van der Waals surface area contributed by atoms with Crippen molar-refractivity contribution in [3.63, 3.8) is 0 Å². The number of methoxy groups -OCH3 is 1. The number of amides is 1. The van der Waals surface area contributed by atoms with Crippen LogP contribution in [-0.4, -0.2) is 43.9 Å². The molecule has 1 aromatic carbocycles. The second-order valence-electron chi connectivity index (χ2n) is 5.51. The zero-order chi connectivity index (χ0) is 19.9. The van der Waals surface area contributed by atoms with Crippen LogP contribution < -0.4 is 10.2 Å². The molecule has 28 heavy (non-hydrogen) atoms. The van der Waals surface area contributed by atoms with Gasteiger partial charge in [-0.05, 0) is 40.8 Å². The fourth-order valence-corrected chi connectivity index (χ4v) is 2.35. The number of rotatable bonds is 7. The molecule has 0 unspecified atom stereocenters. The Morgan fingerprint density at radius 3 is 2.96 bits per heavy atom. The number of nitrogens with one attached hydrogen (secondary N) is 1. The minimum absolute atomic E-state index is 0.216. The number of ether oxygens (including phenoxy) is 1. The molecule has 0 spiro atoms. The summed E-state index contributed by atoms with van der Waals surface area (Å²) in [6.07, 6.45) is 5.75. The van der Waals surface area contributed by atoms with Gasteiger partial charge in [-0.1, -0.05) is 4.98 Å². The maximum Gasteiger partial charge on any atom is 0.490 e. The molecule has 0 atom stereocenters. The lowest BCUT2D eigenvalue weighted by atomic mass is 10.1. The Bertz CT molecular complexity index is 1020. The van der Waals surface area contributed by atoms with Crippen LogP contribution in [0.5, 0.6) is 5.75 Å². The Morgan fingerprint density at radius 1 is 1.43 bits per heavy atom. The number of hydrazone groups is 1. The fourth-order valence-electron chi connectivity index (χ4n) is 2.35. The Hall–Kier alpha value is -4.15. The van der Waals surface area contributed by atoms with Gasteiger partial charge in [0.2, 0.25) is 6.33 Å². The quantitative estimate of drug-likeness (QED) is 0.371. The molecule has 0 aliphatic rings. The third-order valence-electron chi connectivity index (χ3n) is 3.63. The van der Waals surface area contributed by atoms with Gasteiger partial charge in [0, 0.05) is 23.1 Å². The topological polar surface area (TPSA) is 137 Å². The standard InChI is InChI=1S/C17H15N7O4/c1-28-15-5-4-12(8-20-21-16(25)13-3-2-6-18-9-13)7-14(15)10-23-11-19-17(22-23)24(26)27/h2-9,11H,10H2,1H3,(H,21,25)/b20-8+. The van der Waals surface area contributed by atoms with E-state index < -0.39 is 10.9 Å². The average molecular weight is 381 g/mol. The zero-order valence-electron chi connectivity index (χ0n) is 14.7. The molecule has 142 valence electrons. The number of pyridine rings is 1. The van der Waals surface area contributed by atoms with Crippen molar-refractivity contribution in [2.24, 2.45) is 5.10 Å². The number of carbonyl (C=O) groups is 1. The fraction of sp³-hybridized carbons (Fsp3) is 0.118. The van der Waals surface area contributed by atoms with E-state index in [-0.39, 0.29) is 12.5 Å². The van der Waals surface area contributed by atoms with Crippen LogP contribution in [0.3, 0.4) is 0 Å². The number of carbonyl (C=O) groups excluding carboxylic acids is 1. The summed E-state index contributed by atoms with van der Waals surface area (Å²) in [5.74, 6) is -0.280. The number of nitrogens with zero attached hydrogens (tertiary/aromatic N) is 6. The second-order valence-corrected chi connectivity index (χ2v) is 5.51. The maximum atomic E-state index is 11.9. The maximum absolute atomic E-state index is 11.9. The van der Waals surface area contributed by atoms with E-state index >= 15 is 0 Å². The molecule has 0 aliphatic carbocycles. The number of hydrogen-bond donors (Lipinski definition) is 1. The second kappa shape index (κ2) is 8.49. The smallest absolute Gasteiger partial charge is 0.490 e. The molecular weight excluding hydrogens is 366 g/mol. The molecule has 0 saturated heterocycles. The molecule has 0 fully saturated rings. The molecule has 0 saturated carbocycles. The summed E-state index contributed by atoms with van der Waals surface area (Å²) in [4.78, 5) is 29.5. The lowest BCUT2D eigenvalue weighted by Crippen LogP contribution is -2.17. The molecular formula is C17H15N7O4. The molecule has 3 aromatic rings. The first-order valence-corrected chi connectivity index (χ1v) is 8.01. The van der Waals surface area contributed by atoms with Crippen molar-refractivity contribution < 1.29 is 14.5 Å². The molecule has 1 amide bonds. The third-order valence-corrected chi connectivity index (χ3v) is 3.63. The van der Waals surface area contributed by atoms with Gasteiger partial charge in [-0.3, -0.25) is 9.78 Å². The lowest BCUT2D eigenvalue weighted by molar-refractivity contribution is -0.394. The van der Waals surface area contributed by atoms with E-state index in [4.69, 9.17) is 4.74 Å². The molecule has 11 heteroatoms. The van der Waals surface area contributed by atoms with Gasteiger partial charge in [-0.25, -0.2) is 5.43 Å². The zero-order valence-corrected chi connectivity index (χ0v) is 14.7. The molecule has 3 rings (SSSR count). The minimum Gasteiger partial charge on any atom is -0.496 e. The summed E-state index contributed by atoms with van der Waals surface area (Å²) >= 11 is 0. The van der Waals surface area contributed by atoms with Gasteiger partial charge in [-0.15, -0.1) is 0 Å². The van der Waals surface area contributed by atoms with Gasteiger partial charge in [-0.2, -0.15) is 9.78 Å². The summed E-state index contributed by atoms with van der Waals surface area (Å²) in [6.45, 7) is 0.216. The largest absolute Gasteiger partial charge is 0.496 e. The Kier molecular flexibility index (Phi) is 5.65. The van der Waals surface area contributed by atoms with Crippen molar-refractivity contribution >= 4 is 18.1 Å². The van der Waals surface area contributed by atoms with E-state index in [1.807, 2.05) is 0 Å². The van der Waals surface area contributed by atoms with Gasteiger partial charge in [0.05, 0.1) is 25.4 Å². The Labute approximate surface area is 158 Å². The highest BCUT2D eigenvalue weighted by atomic mass is 16.6. The van der Waals surface area contributed by atoms with Gasteiger partial charge >= 0.3 is 5.95 Å². The Balaban J connectivity index is 1.72. The first-order valence-electron chi connectivity index (χ1n) is 8.01. The van der Waals surface area contributed by atoms with Crippen molar-refractivity contribution in [1.82, 2.24) is 25.2 Å². The summed E-state index contributed by atoms with van der Waals surface area (Å²) < 4.78 is 6.65. The molecule has 1 N–H and O–H groups in total. The van der Waals surface area contributed by atoms with Crippen LogP contribution in [0.25, 0.3) is 0 Å². The number of hydrogen-bond acceptors (Lipinski definition) is 8. The van der Waals surface area contributed by atoms with Gasteiger partial charge < -0.3 is 14.9 Å². The normalized spacial score (nSPS) is 10.8. The van der Waals surface area contributed by atoms with Crippen molar-refractivity contribution in [2.45, 2.75) is 6.54 Å². The molecule has 0 aliphatic heterocycles. The average Bonchev–Trinajstić information content (AvgIpc) is 3.18. The predicted molar refractivity (Wildman–Crippen MR) is 98.1 cm³/mol. The first kappa shape index (κ1) is 18.6. The van der Waals surface area contributed by atoms with Crippen LogP contribution >= 0.6 is 0 Å². The van der Waals surface area contributed by atoms with Crippen molar-refractivity contribution in [3.05, 3.63) is 75.9 Å². The highest BCUT2D eigenvalue weighted by molar-refractivity contribution is 5.94. The highest BCUT2D eigenvalue weighted by Crippen LogP contribution is 2.20. The van der Waals surface area contributed by atoms with Crippen LogP contribution in [0.15, 0.2) is 54.2 Å². The number of nitro groups is 1. The van der Waals surface area contributed by atoms with Crippen molar-refractivity contribution in [2.75, 3.05) is 7.11 Å². The van der Waals surface area contributed by atoms with Crippen molar-refractivity contribution in [1.29, 1.82) is 0 Å². The van der Waals surface area contributed by atoms with E-state index in [0.717, 1.165) is 0 Å². The van der Waals surface area contributed by atoms with E-state index in [1.165, 1.54) is 30.5 Å². The van der Waals surface area contributed by atoms with Crippen LogP contribution in [0.4, 0.5) is 5.95 Å². The SMILES string of the molecule is COc1ccc(/C=N/NC(=O)c2cccnc2)cc1Cn1cnc([N+](=O)[O-])n1. The van der Waals surface area contributed by atoms with Crippen LogP contribution in [0.2, 0.25) is 0 Å². The van der Waals surface area contributed by atoms with Crippen LogP contribution in [0, 0.1) is 10.1 Å². The molecule has 11 nitrogen and oxygen atoms in total. The predicted octanol–water partition coefficient (Wildman–Crippen LogP) is 1.40. The van der Waals surface area contributed by atoms with E-state index in [9.17, 15) is 14.9 Å². The molecule has 2 heterocycles. The summed E-state index contributed by atoms with van der Waals surface area (Å²) in [6, 6.07) is 8.53. The first-order chi connectivity index (χ1) is 13.6. The highest BCUT2D eigenvalue weighted by Gasteiger charge is 2.15. The summed E-state index contributed by atoms with van der Waals surface area (Å²) in [5.41, 5.74) is 4.21. The molecule has 0 bridgehead atoms. The van der Waals surface area contributed by atoms with Crippen LogP contribution in [-0.2, 0) is 6.54 Å². The van der Waals surface area contributed by atoms with Crippen molar-refractivity contribution in [3.8, 4) is 5.75 Å². The van der Waals surface area contributed by atoms with E-state index in [1.54, 1.807) is 36.5 Å². The summed E-state index contributed by atoms with van der Waals surface area (Å²) in [5, 5.41) is 18.4. The molecule has 0 radical (unpaired) electrons. The summed E-state index contributed by atoms with van der Waals surface area (Å²) in [7, 11) is 1.52. The number of aromatic nitrogens is 4. The third kappa shape index (κ3) is 4.52. The molecule has 2 aromatic heterocycles. The lowest BCUT2D eigenvalue weighted by Gasteiger charge is -2.08. The monoisotopic (exact) mass is 381 g/mol. The van der Waals surface area contributed by atoms with E-state index in [0.29, 0.717) is 22.4 Å². The van der Waals surface area contributed by atoms with Crippen LogP contribution in [0.1, 0.15) is 21.5 Å². The van der Waals surface area contributed by atoms with Gasteiger partial charge in [0.15, 0.2) is 0 Å². The minimum atomic E-state index is -0.665. The number of benzene rings is 1.